The summed E-state index contributed by atoms with van der Waals surface area (Å²) in [6.07, 6.45) is 10.2. The number of imide groups is 2. The Morgan fingerprint density at radius 2 is 0.913 bits per heavy atom. The monoisotopic (exact) mass is 1460 g/mol. The number of nitrogens with one attached hydrogen (secondary N) is 6. The molecule has 12 atom stereocenters. The number of carbonyl (C=O) groups excluding carboxylic acids is 14. The fraction of sp³-hybridized carbons (Fsp3) is 0.763. The summed E-state index contributed by atoms with van der Waals surface area (Å²) in [7, 11) is 0. The molecule has 4 aliphatic carbocycles. The zero-order chi connectivity index (χ0) is 77.3. The number of hydrogen-bond acceptors (Lipinski definition) is 16. The number of carbonyl (C=O) groups is 13. The number of Topliss-reactive ketones (excluding diaryl/α,β-unsaturated/α-hetero) is 2. The summed E-state index contributed by atoms with van der Waals surface area (Å²) in [5, 5.41) is 16.5. The lowest BCUT2D eigenvalue weighted by atomic mass is 9.80. The van der Waals surface area contributed by atoms with Gasteiger partial charge in [0, 0.05) is 58.4 Å². The Balaban J connectivity index is 0.000000311. The van der Waals surface area contributed by atoms with Crippen LogP contribution in [0.25, 0.3) is 0 Å². The number of urea groups is 1. The van der Waals surface area contributed by atoms with E-state index in [0.717, 1.165) is 25.7 Å². The lowest BCUT2D eigenvalue weighted by molar-refractivity contribution is -0.154. The lowest BCUT2D eigenvalue weighted by Gasteiger charge is -2.40. The van der Waals surface area contributed by atoms with Crippen molar-refractivity contribution in [2.24, 2.45) is 89.6 Å². The average Bonchev–Trinajstić information content (AvgIpc) is 1.53. The van der Waals surface area contributed by atoms with Crippen LogP contribution in [0.2, 0.25) is 0 Å². The molecular weight excluding hydrogens is 1340 g/mol. The van der Waals surface area contributed by atoms with Crippen LogP contribution in [0, 0.1) is 78.8 Å². The second kappa shape index (κ2) is 32.7. The highest BCUT2D eigenvalue weighted by Gasteiger charge is 2.71. The Labute approximate surface area is 616 Å². The fourth-order valence-corrected chi connectivity index (χ4v) is 14.8. The van der Waals surface area contributed by atoms with Gasteiger partial charge in [-0.2, -0.15) is 0 Å². The zero-order valence-corrected chi connectivity index (χ0v) is 65.7. The normalized spacial score (nSPS) is 25.1. The van der Waals surface area contributed by atoms with Gasteiger partial charge < -0.3 is 47.4 Å². The molecule has 0 aromatic carbocycles. The number of halogens is 1. The summed E-state index contributed by atoms with van der Waals surface area (Å²) >= 11 is 0. The van der Waals surface area contributed by atoms with Crippen molar-refractivity contribution in [3.8, 4) is 0 Å². The van der Waals surface area contributed by atoms with E-state index in [9.17, 15) is 67.1 Å². The maximum atomic E-state index is 14.5. The van der Waals surface area contributed by atoms with E-state index in [4.69, 9.17) is 5.73 Å². The van der Waals surface area contributed by atoms with Gasteiger partial charge in [-0.15, -0.1) is 25.6 Å². The number of nitrogens with zero attached hydrogens (tertiary/aromatic N) is 5. The summed E-state index contributed by atoms with van der Waals surface area (Å²) in [5.74, 6) is -4.65. The van der Waals surface area contributed by atoms with E-state index < -0.39 is 111 Å². The minimum absolute atomic E-state index is 0. The molecule has 4 heterocycles. The SMILES string of the molecule is C=CCNC(=O)C(=O)C(CC1CC1)NC(=O)C1C2C(CN1C(=O)[C@@H](N)C(C)(C)C)C2(C)C.C=CCNC(=O)C(=O)C(CC1CC1)NC(=O)C1C2C(CN1C(=O)[C@@H](NC(=O)N[C@H](CN1C(=O)CC(C)(C)CC1=O)C(C)(C)C)C(C)(C)C)C2(C)C.CC1(C)CC(=O)N(C[C@@H](N=C=O)C(C)(C)C)C(=O)C1.Cl. The quantitative estimate of drug-likeness (QED) is 0.0174. The van der Waals surface area contributed by atoms with Crippen LogP contribution in [0.5, 0.6) is 0 Å². The van der Waals surface area contributed by atoms with E-state index in [2.05, 4.69) is 77.7 Å². The third-order valence-corrected chi connectivity index (χ3v) is 22.2. The van der Waals surface area contributed by atoms with Crippen molar-refractivity contribution in [1.82, 2.24) is 51.5 Å². The maximum Gasteiger partial charge on any atom is 0.315 e. The first-order valence-electron chi connectivity index (χ1n) is 36.4. The lowest BCUT2D eigenvalue weighted by Crippen LogP contribution is -2.63. The standard InChI is InChI=1S/C38H60N6O7.C24H38N4O4.C14H22N2O3.ClH/c1-12-15-39-32(49)29(47)23(16-21-13-14-21)40-31(48)28-27-22(38(27,10)11)19-44(28)33(50)30(36(5,6)7)42-34(51)41-24(35(2,3)4)20-43-25(45)17-37(8,9)18-26(43)46;1-7-10-26-21(31)18(29)15(11-13-8-9-13)27-20(30)17-16-14(24(16,5)6)12-28(17)22(32)19(25)23(2,3)4;1-13(2,3)10(15-9-17)8-16-11(18)6-14(4,5)7-12(16)19;/h12,21-24,27-28,30H,1,13-20H2,2-11H3,(H,39,49)(H,40,48)(H2,41,42,51);7,13-17,19H,1,8-12,25H2,2-6H3,(H,26,31)(H,27,30);10H,6-8H2,1-5H3;1H/t22?,23?,24-,27?,28?,30-;14?,15?,16?,17?,19-;10-;/m111./s1. The van der Waals surface area contributed by atoms with Crippen LogP contribution in [0.15, 0.2) is 30.3 Å². The van der Waals surface area contributed by atoms with Gasteiger partial charge in [-0.25, -0.2) is 14.6 Å². The number of fused-ring (bicyclic) bond motifs is 2. The largest absolute Gasteiger partial charge is 0.346 e. The second-order valence-corrected chi connectivity index (χ2v) is 37.1. The molecule has 8 rings (SSSR count). The van der Waals surface area contributed by atoms with E-state index in [1.54, 1.807) is 4.90 Å². The second-order valence-electron chi connectivity index (χ2n) is 37.1. The Bertz CT molecular complexity index is 3300. The summed E-state index contributed by atoms with van der Waals surface area (Å²) in [6, 6.07) is -6.92. The van der Waals surface area contributed by atoms with Crippen LogP contribution in [0.4, 0.5) is 4.79 Å². The molecule has 8 N–H and O–H groups in total. The van der Waals surface area contributed by atoms with E-state index in [-0.39, 0.29) is 138 Å². The molecule has 27 heteroatoms. The molecule has 0 radical (unpaired) electrons. The van der Waals surface area contributed by atoms with Gasteiger partial charge in [0.2, 0.25) is 64.9 Å². The van der Waals surface area contributed by atoms with Gasteiger partial charge in [0.1, 0.15) is 18.1 Å². The first-order chi connectivity index (χ1) is 46.8. The highest BCUT2D eigenvalue weighted by atomic mass is 35.5. The summed E-state index contributed by atoms with van der Waals surface area (Å²) in [6.45, 7) is 46.9. The fourth-order valence-electron chi connectivity index (χ4n) is 14.8. The minimum Gasteiger partial charge on any atom is -0.346 e. The molecule has 576 valence electrons. The van der Waals surface area contributed by atoms with E-state index in [0.29, 0.717) is 44.7 Å². The molecular formula is C76H121ClN12O14. The third-order valence-electron chi connectivity index (χ3n) is 22.2. The molecule has 4 saturated carbocycles. The highest BCUT2D eigenvalue weighted by molar-refractivity contribution is 6.39. The molecule has 0 aromatic heterocycles. The van der Waals surface area contributed by atoms with Crippen molar-refractivity contribution >= 4 is 95.2 Å². The average molecular weight is 1460 g/mol. The van der Waals surface area contributed by atoms with Crippen molar-refractivity contribution in [1.29, 1.82) is 0 Å². The van der Waals surface area contributed by atoms with Crippen LogP contribution >= 0.6 is 12.4 Å². The van der Waals surface area contributed by atoms with Gasteiger partial charge in [0.15, 0.2) is 0 Å². The number of isocyanates is 1. The van der Waals surface area contributed by atoms with Gasteiger partial charge in [-0.3, -0.25) is 67.3 Å². The molecule has 0 bridgehead atoms. The molecule has 8 fully saturated rings. The van der Waals surface area contributed by atoms with Crippen molar-refractivity contribution in [3.05, 3.63) is 25.3 Å². The molecule has 8 unspecified atom stereocenters. The number of likely N-dealkylation sites (tertiary alicyclic amines) is 4. The Morgan fingerprint density at radius 3 is 1.23 bits per heavy atom. The number of rotatable bonds is 25. The molecule has 0 spiro atoms. The van der Waals surface area contributed by atoms with Crippen LogP contribution < -0.4 is 37.6 Å². The van der Waals surface area contributed by atoms with Crippen LogP contribution in [0.3, 0.4) is 0 Å². The molecule has 4 aliphatic heterocycles. The van der Waals surface area contributed by atoms with Gasteiger partial charge in [0.25, 0.3) is 11.8 Å². The zero-order valence-electron chi connectivity index (χ0n) is 64.9. The van der Waals surface area contributed by atoms with Gasteiger partial charge >= 0.3 is 6.03 Å². The Hall–Kier alpha value is -7.18. The number of piperidine rings is 4. The van der Waals surface area contributed by atoms with Gasteiger partial charge in [0.05, 0.1) is 36.8 Å². The van der Waals surface area contributed by atoms with Crippen molar-refractivity contribution in [3.63, 3.8) is 0 Å². The molecule has 0 aromatic rings. The van der Waals surface area contributed by atoms with Crippen LogP contribution in [-0.4, -0.2) is 190 Å². The van der Waals surface area contributed by atoms with Crippen LogP contribution in [-0.2, 0) is 62.3 Å². The van der Waals surface area contributed by atoms with Crippen molar-refractivity contribution in [2.45, 2.75) is 251 Å². The van der Waals surface area contributed by atoms with E-state index in [1.165, 1.54) is 32.9 Å². The summed E-state index contributed by atoms with van der Waals surface area (Å²) in [4.78, 5) is 190. The number of hydrogen-bond donors (Lipinski definition) is 7. The van der Waals surface area contributed by atoms with E-state index in [1.807, 2.05) is 111 Å². The molecule has 12 amide bonds. The summed E-state index contributed by atoms with van der Waals surface area (Å²) < 4.78 is 0. The minimum atomic E-state index is -1.04. The number of aliphatic imine (C=N–C) groups is 1. The molecule has 26 nitrogen and oxygen atoms in total. The molecule has 103 heavy (non-hydrogen) atoms. The first-order valence-corrected chi connectivity index (χ1v) is 36.4. The molecule has 4 saturated heterocycles. The van der Waals surface area contributed by atoms with Gasteiger partial charge in [-0.1, -0.05) is 176 Å². The van der Waals surface area contributed by atoms with Gasteiger partial charge in [-0.05, 0) is 91.7 Å². The summed E-state index contributed by atoms with van der Waals surface area (Å²) in [5.41, 5.74) is 3.20. The van der Waals surface area contributed by atoms with Crippen LogP contribution in [0.1, 0.15) is 203 Å². The van der Waals surface area contributed by atoms with Crippen molar-refractivity contribution in [2.75, 3.05) is 39.3 Å². The predicted octanol–water partition coefficient (Wildman–Crippen LogP) is 6.26. The Morgan fingerprint density at radius 1 is 0.544 bits per heavy atom. The number of nitrogens with two attached hydrogens (primary N) is 1. The highest BCUT2D eigenvalue weighted by Crippen LogP contribution is 2.66. The number of amides is 12. The molecule has 8 aliphatic rings. The maximum absolute atomic E-state index is 14.5. The number of ketones is 2. The predicted molar refractivity (Wildman–Crippen MR) is 391 cm³/mol. The van der Waals surface area contributed by atoms with E-state index >= 15 is 0 Å². The smallest absolute Gasteiger partial charge is 0.315 e. The first kappa shape index (κ1) is 86.5. The Kier molecular flexibility index (Phi) is 27.4. The third kappa shape index (κ3) is 21.7. The topological polar surface area (TPSA) is 362 Å². The van der Waals surface area contributed by atoms with Crippen molar-refractivity contribution < 1.29 is 67.1 Å².